The van der Waals surface area contributed by atoms with Crippen LogP contribution in [0.1, 0.15) is 57.4 Å². The fourth-order valence-corrected chi connectivity index (χ4v) is 4.24. The van der Waals surface area contributed by atoms with Gasteiger partial charge < -0.3 is 4.74 Å². The molecule has 0 heterocycles. The van der Waals surface area contributed by atoms with Gasteiger partial charge >= 0.3 is 0 Å². The van der Waals surface area contributed by atoms with Crippen LogP contribution >= 0.6 is 0 Å². The van der Waals surface area contributed by atoms with Crippen molar-refractivity contribution in [2.45, 2.75) is 51.9 Å². The average molecular weight is 399 g/mol. The Morgan fingerprint density at radius 3 is 2.17 bits per heavy atom. The molecule has 0 amide bonds. The van der Waals surface area contributed by atoms with Crippen LogP contribution < -0.4 is 15.4 Å². The highest BCUT2D eigenvalue weighted by Crippen LogP contribution is 2.23. The minimum Gasteiger partial charge on any atom is -0.494 e. The average Bonchev–Trinajstić information content (AvgIpc) is 3.05. The SMILES string of the molecule is CCCCCCCCCOc1ccc(C=c2c(=O)c3cccc4cccc2c43)cc1. The van der Waals surface area contributed by atoms with E-state index in [-0.39, 0.29) is 5.43 Å². The number of hydrogen-bond donors (Lipinski definition) is 0. The third kappa shape index (κ3) is 4.48. The summed E-state index contributed by atoms with van der Waals surface area (Å²) in [6.07, 6.45) is 11.0. The molecule has 0 radical (unpaired) electrons. The van der Waals surface area contributed by atoms with Gasteiger partial charge in [-0.3, -0.25) is 4.79 Å². The van der Waals surface area contributed by atoms with Crippen molar-refractivity contribution in [3.63, 3.8) is 0 Å². The van der Waals surface area contributed by atoms with Crippen LogP contribution in [0.2, 0.25) is 0 Å². The van der Waals surface area contributed by atoms with Crippen LogP contribution in [0.3, 0.4) is 0 Å². The molecule has 0 saturated carbocycles. The van der Waals surface area contributed by atoms with E-state index < -0.39 is 0 Å². The second kappa shape index (κ2) is 9.75. The van der Waals surface area contributed by atoms with E-state index in [2.05, 4.69) is 19.1 Å². The number of hydrogen-bond acceptors (Lipinski definition) is 2. The minimum absolute atomic E-state index is 0.112. The molecule has 0 fully saturated rings. The maximum absolute atomic E-state index is 12.9. The molecule has 0 aliphatic heterocycles. The van der Waals surface area contributed by atoms with Crippen molar-refractivity contribution >= 4 is 27.6 Å². The van der Waals surface area contributed by atoms with Crippen LogP contribution in [-0.4, -0.2) is 6.61 Å². The van der Waals surface area contributed by atoms with Crippen molar-refractivity contribution < 1.29 is 4.74 Å². The molecule has 154 valence electrons. The van der Waals surface area contributed by atoms with Gasteiger partial charge in [0.25, 0.3) is 0 Å². The zero-order valence-electron chi connectivity index (χ0n) is 17.8. The molecule has 0 bridgehead atoms. The lowest BCUT2D eigenvalue weighted by atomic mass is 10.1. The Bertz CT molecular complexity index is 1190. The number of unbranched alkanes of at least 4 members (excludes halogenated alkanes) is 6. The van der Waals surface area contributed by atoms with E-state index in [9.17, 15) is 4.79 Å². The predicted molar refractivity (Wildman–Crippen MR) is 128 cm³/mol. The number of benzene rings is 3. The van der Waals surface area contributed by atoms with Gasteiger partial charge in [0.1, 0.15) is 5.75 Å². The molecule has 2 heteroatoms. The molecule has 0 aliphatic rings. The lowest BCUT2D eigenvalue weighted by Crippen LogP contribution is -2.19. The quantitative estimate of drug-likeness (QED) is 0.286. The van der Waals surface area contributed by atoms with E-state index in [1.165, 1.54) is 38.5 Å². The molecular weight excluding hydrogens is 368 g/mol. The third-order valence-corrected chi connectivity index (χ3v) is 5.89. The Morgan fingerprint density at radius 2 is 1.43 bits per heavy atom. The summed E-state index contributed by atoms with van der Waals surface area (Å²) >= 11 is 0. The molecule has 4 aromatic carbocycles. The van der Waals surface area contributed by atoms with Crippen LogP contribution in [-0.2, 0) is 0 Å². The standard InChI is InChI=1S/C28H30O2/c1-2-3-4-5-6-7-8-19-30-23-17-15-21(16-18-23)20-26-24-13-9-11-22-12-10-14-25(27(22)24)28(26)29/h9-18,20H,2-8,19H2,1H3. The summed E-state index contributed by atoms with van der Waals surface area (Å²) in [5.74, 6) is 0.895. The van der Waals surface area contributed by atoms with Crippen LogP contribution in [0.4, 0.5) is 0 Å². The predicted octanol–water partition coefficient (Wildman–Crippen LogP) is 6.47. The van der Waals surface area contributed by atoms with Crippen LogP contribution in [0.15, 0.2) is 65.5 Å². The first kappa shape index (κ1) is 20.4. The second-order valence-corrected chi connectivity index (χ2v) is 8.14. The minimum atomic E-state index is 0.112. The van der Waals surface area contributed by atoms with E-state index in [4.69, 9.17) is 4.74 Å². The maximum Gasteiger partial charge on any atom is 0.194 e. The van der Waals surface area contributed by atoms with Crippen LogP contribution in [0.5, 0.6) is 5.75 Å². The van der Waals surface area contributed by atoms with E-state index >= 15 is 0 Å². The fourth-order valence-electron chi connectivity index (χ4n) is 4.24. The van der Waals surface area contributed by atoms with E-state index in [1.54, 1.807) is 0 Å². The molecule has 0 saturated heterocycles. The lowest BCUT2D eigenvalue weighted by molar-refractivity contribution is 0.304. The van der Waals surface area contributed by atoms with Crippen molar-refractivity contribution in [1.29, 1.82) is 0 Å². The Labute approximate surface area is 178 Å². The normalized spacial score (nSPS) is 12.2. The summed E-state index contributed by atoms with van der Waals surface area (Å²) in [6, 6.07) is 20.1. The van der Waals surface area contributed by atoms with Crippen molar-refractivity contribution in [3.05, 3.63) is 81.7 Å². The van der Waals surface area contributed by atoms with Gasteiger partial charge in [0.15, 0.2) is 5.43 Å². The van der Waals surface area contributed by atoms with Gasteiger partial charge in [-0.25, -0.2) is 0 Å². The van der Waals surface area contributed by atoms with Gasteiger partial charge in [-0.2, -0.15) is 0 Å². The van der Waals surface area contributed by atoms with E-state index in [1.807, 2.05) is 54.6 Å². The van der Waals surface area contributed by atoms with Crippen molar-refractivity contribution in [3.8, 4) is 5.75 Å². The van der Waals surface area contributed by atoms with Crippen molar-refractivity contribution in [2.24, 2.45) is 0 Å². The summed E-state index contributed by atoms with van der Waals surface area (Å²) < 4.78 is 5.89. The highest BCUT2D eigenvalue weighted by molar-refractivity contribution is 6.12. The Kier molecular flexibility index (Phi) is 6.63. The van der Waals surface area contributed by atoms with Gasteiger partial charge in [0.05, 0.1) is 6.61 Å². The monoisotopic (exact) mass is 398 g/mol. The highest BCUT2D eigenvalue weighted by Gasteiger charge is 2.10. The zero-order chi connectivity index (χ0) is 20.8. The molecule has 2 nitrogen and oxygen atoms in total. The van der Waals surface area contributed by atoms with Crippen molar-refractivity contribution in [2.75, 3.05) is 6.61 Å². The Morgan fingerprint density at radius 1 is 0.767 bits per heavy atom. The third-order valence-electron chi connectivity index (χ3n) is 5.89. The number of ether oxygens (including phenoxy) is 1. The first-order valence-electron chi connectivity index (χ1n) is 11.3. The smallest absolute Gasteiger partial charge is 0.194 e. The van der Waals surface area contributed by atoms with E-state index in [0.717, 1.165) is 51.1 Å². The summed E-state index contributed by atoms with van der Waals surface area (Å²) in [7, 11) is 0. The molecule has 0 unspecified atom stereocenters. The molecule has 0 atom stereocenters. The summed E-state index contributed by atoms with van der Waals surface area (Å²) in [5.41, 5.74) is 1.13. The largest absolute Gasteiger partial charge is 0.494 e. The summed E-state index contributed by atoms with van der Waals surface area (Å²) in [6.45, 7) is 3.02. The maximum atomic E-state index is 12.9. The fraction of sp³-hybridized carbons (Fsp3) is 0.321. The van der Waals surface area contributed by atoms with Crippen LogP contribution in [0.25, 0.3) is 27.6 Å². The zero-order valence-corrected chi connectivity index (χ0v) is 17.8. The van der Waals surface area contributed by atoms with Gasteiger partial charge in [0, 0.05) is 16.0 Å². The molecule has 30 heavy (non-hydrogen) atoms. The van der Waals surface area contributed by atoms with Crippen LogP contribution in [0, 0.1) is 0 Å². The molecule has 0 spiro atoms. The molecular formula is C28H30O2. The highest BCUT2D eigenvalue weighted by atomic mass is 16.5. The van der Waals surface area contributed by atoms with Gasteiger partial charge in [0.2, 0.25) is 0 Å². The lowest BCUT2D eigenvalue weighted by Gasteiger charge is -2.06. The van der Waals surface area contributed by atoms with Crippen molar-refractivity contribution in [1.82, 2.24) is 0 Å². The van der Waals surface area contributed by atoms with Gasteiger partial charge in [-0.05, 0) is 41.0 Å². The van der Waals surface area contributed by atoms with Gasteiger partial charge in [-0.1, -0.05) is 94.0 Å². The first-order chi connectivity index (χ1) is 14.8. The molecule has 4 aromatic rings. The van der Waals surface area contributed by atoms with E-state index in [0.29, 0.717) is 0 Å². The molecule has 0 aliphatic carbocycles. The topological polar surface area (TPSA) is 26.3 Å². The molecule has 0 aromatic heterocycles. The molecule has 4 rings (SSSR count). The van der Waals surface area contributed by atoms with Gasteiger partial charge in [-0.15, -0.1) is 0 Å². The first-order valence-corrected chi connectivity index (χ1v) is 11.3. The number of rotatable bonds is 10. The molecule has 0 N–H and O–H groups in total. The summed E-state index contributed by atoms with van der Waals surface area (Å²) in [4.78, 5) is 12.9. The second-order valence-electron chi connectivity index (χ2n) is 8.14. The summed E-state index contributed by atoms with van der Waals surface area (Å²) in [5, 5.41) is 4.82. The Balaban J connectivity index is 1.42. The Hall–Kier alpha value is -2.87.